The number of benzene rings is 1. The van der Waals surface area contributed by atoms with E-state index < -0.39 is 6.04 Å². The maximum absolute atomic E-state index is 12.1. The number of nitrogens with zero attached hydrogens (tertiary/aromatic N) is 1. The van der Waals surface area contributed by atoms with Crippen molar-refractivity contribution in [2.45, 2.75) is 38.0 Å². The third kappa shape index (κ3) is 2.78. The van der Waals surface area contributed by atoms with E-state index in [9.17, 15) is 9.59 Å². The third-order valence-corrected chi connectivity index (χ3v) is 4.35. The van der Waals surface area contributed by atoms with Crippen LogP contribution in [-0.2, 0) is 16.1 Å². The first-order valence-corrected chi connectivity index (χ1v) is 7.55. The first-order chi connectivity index (χ1) is 10.6. The molecule has 0 aliphatic carbocycles. The lowest BCUT2D eigenvalue weighted by molar-refractivity contribution is -0.146. The molecule has 0 bridgehead atoms. The summed E-state index contributed by atoms with van der Waals surface area (Å²) in [6.07, 6.45) is 0.661. The van der Waals surface area contributed by atoms with Crippen LogP contribution in [0.1, 0.15) is 18.9 Å². The van der Waals surface area contributed by atoms with Gasteiger partial charge in [0.15, 0.2) is 0 Å². The minimum atomic E-state index is -0.416. The lowest BCUT2D eigenvalue weighted by atomic mass is 10.1. The zero-order valence-corrected chi connectivity index (χ0v) is 12.8. The Morgan fingerprint density at radius 3 is 3.00 bits per heavy atom. The zero-order chi connectivity index (χ0) is 15.7. The van der Waals surface area contributed by atoms with E-state index in [1.807, 2.05) is 24.3 Å². The Morgan fingerprint density at radius 1 is 1.41 bits per heavy atom. The number of ether oxygens (including phenoxy) is 1. The van der Waals surface area contributed by atoms with Crippen LogP contribution in [0.15, 0.2) is 24.3 Å². The van der Waals surface area contributed by atoms with E-state index >= 15 is 0 Å². The van der Waals surface area contributed by atoms with Crippen LogP contribution in [0.5, 0.6) is 5.75 Å². The van der Waals surface area contributed by atoms with Crippen LogP contribution >= 0.6 is 0 Å². The molecule has 1 aromatic rings. The Kier molecular flexibility index (Phi) is 4.02. The lowest BCUT2D eigenvalue weighted by Gasteiger charge is -2.32. The summed E-state index contributed by atoms with van der Waals surface area (Å²) in [6.45, 7) is 3.01. The number of carbonyl (C=O) groups excluding carboxylic acids is 2. The molecule has 6 heteroatoms. The number of amides is 2. The quantitative estimate of drug-likeness (QED) is 0.838. The van der Waals surface area contributed by atoms with Crippen molar-refractivity contribution in [1.29, 1.82) is 0 Å². The molecular formula is C16H21N3O3. The van der Waals surface area contributed by atoms with Crippen molar-refractivity contribution < 1.29 is 14.3 Å². The van der Waals surface area contributed by atoms with Gasteiger partial charge in [0, 0.05) is 19.1 Å². The molecule has 2 saturated heterocycles. The molecule has 118 valence electrons. The molecule has 2 fully saturated rings. The molecule has 3 atom stereocenters. The maximum Gasteiger partial charge on any atom is 0.245 e. The largest absolute Gasteiger partial charge is 0.497 e. The Morgan fingerprint density at radius 2 is 2.23 bits per heavy atom. The van der Waals surface area contributed by atoms with Crippen molar-refractivity contribution in [2.75, 3.05) is 13.7 Å². The Bertz CT molecular complexity index is 590. The number of nitrogens with one attached hydrogen (secondary N) is 2. The van der Waals surface area contributed by atoms with Crippen LogP contribution in [0.2, 0.25) is 0 Å². The first kappa shape index (κ1) is 14.8. The number of piperazine rings is 1. The SMILES string of the molecule is COc1cccc(CN[C@H]2C[C@H]3C(=O)N[C@H](C)C(=O)N3C2)c1. The monoisotopic (exact) mass is 303 g/mol. The molecule has 6 nitrogen and oxygen atoms in total. The standard InChI is InChI=1S/C16H21N3O3/c1-10-16(21)19-9-12(7-14(19)15(20)18-10)17-8-11-4-3-5-13(6-11)22-2/h3-6,10,12,14,17H,7-9H2,1-2H3,(H,18,20)/t10-,12+,14+/m1/s1. The number of carbonyl (C=O) groups is 2. The second-order valence-corrected chi connectivity index (χ2v) is 5.90. The molecule has 0 radical (unpaired) electrons. The van der Waals surface area contributed by atoms with Crippen molar-refractivity contribution in [3.63, 3.8) is 0 Å². The van der Waals surface area contributed by atoms with E-state index in [4.69, 9.17) is 4.74 Å². The van der Waals surface area contributed by atoms with Gasteiger partial charge in [-0.1, -0.05) is 12.1 Å². The summed E-state index contributed by atoms with van der Waals surface area (Å²) in [6, 6.07) is 7.26. The van der Waals surface area contributed by atoms with Gasteiger partial charge in [-0.3, -0.25) is 9.59 Å². The highest BCUT2D eigenvalue weighted by Crippen LogP contribution is 2.23. The van der Waals surface area contributed by atoms with Gasteiger partial charge < -0.3 is 20.3 Å². The predicted octanol–water partition coefficient (Wildman–Crippen LogP) is 0.273. The van der Waals surface area contributed by atoms with E-state index in [1.54, 1.807) is 18.9 Å². The summed E-state index contributed by atoms with van der Waals surface area (Å²) in [7, 11) is 1.65. The van der Waals surface area contributed by atoms with E-state index in [0.717, 1.165) is 11.3 Å². The van der Waals surface area contributed by atoms with Crippen LogP contribution in [-0.4, -0.2) is 48.5 Å². The van der Waals surface area contributed by atoms with Gasteiger partial charge in [-0.25, -0.2) is 0 Å². The van der Waals surface area contributed by atoms with Crippen LogP contribution in [0, 0.1) is 0 Å². The Balaban J connectivity index is 1.61. The molecule has 0 aromatic heterocycles. The van der Waals surface area contributed by atoms with Gasteiger partial charge in [0.2, 0.25) is 11.8 Å². The summed E-state index contributed by atoms with van der Waals surface area (Å²) in [4.78, 5) is 25.8. The molecule has 3 rings (SSSR count). The van der Waals surface area contributed by atoms with Crippen molar-refractivity contribution in [3.8, 4) is 5.75 Å². The zero-order valence-electron chi connectivity index (χ0n) is 12.8. The molecule has 2 aliphatic heterocycles. The molecule has 2 heterocycles. The molecule has 22 heavy (non-hydrogen) atoms. The van der Waals surface area contributed by atoms with E-state index in [0.29, 0.717) is 19.5 Å². The van der Waals surface area contributed by atoms with Gasteiger partial charge in [0.1, 0.15) is 17.8 Å². The number of rotatable bonds is 4. The van der Waals surface area contributed by atoms with Crippen LogP contribution in [0.4, 0.5) is 0 Å². The van der Waals surface area contributed by atoms with Gasteiger partial charge >= 0.3 is 0 Å². The molecule has 2 aliphatic rings. The number of hydrogen-bond acceptors (Lipinski definition) is 4. The first-order valence-electron chi connectivity index (χ1n) is 7.55. The van der Waals surface area contributed by atoms with E-state index in [-0.39, 0.29) is 23.9 Å². The second kappa shape index (κ2) is 5.96. The summed E-state index contributed by atoms with van der Waals surface area (Å²) in [5, 5.41) is 6.17. The molecule has 2 N–H and O–H groups in total. The second-order valence-electron chi connectivity index (χ2n) is 5.90. The third-order valence-electron chi connectivity index (χ3n) is 4.35. The van der Waals surface area contributed by atoms with Crippen molar-refractivity contribution in [3.05, 3.63) is 29.8 Å². The maximum atomic E-state index is 12.1. The smallest absolute Gasteiger partial charge is 0.245 e. The summed E-state index contributed by atoms with van der Waals surface area (Å²) >= 11 is 0. The average molecular weight is 303 g/mol. The average Bonchev–Trinajstić information content (AvgIpc) is 2.96. The Labute approximate surface area is 129 Å². The van der Waals surface area contributed by atoms with E-state index in [2.05, 4.69) is 10.6 Å². The summed E-state index contributed by atoms with van der Waals surface area (Å²) in [5.41, 5.74) is 1.12. The topological polar surface area (TPSA) is 70.7 Å². The molecule has 0 spiro atoms. The highest BCUT2D eigenvalue weighted by molar-refractivity contribution is 5.97. The normalized spacial score (nSPS) is 27.5. The lowest BCUT2D eigenvalue weighted by Crippen LogP contribution is -2.60. The number of hydrogen-bond donors (Lipinski definition) is 2. The Hall–Kier alpha value is -2.08. The van der Waals surface area contributed by atoms with E-state index in [1.165, 1.54) is 0 Å². The van der Waals surface area contributed by atoms with Gasteiger partial charge in [-0.05, 0) is 31.0 Å². The molecule has 2 amide bonds. The summed E-state index contributed by atoms with van der Waals surface area (Å²) < 4.78 is 5.21. The van der Waals surface area contributed by atoms with Crippen LogP contribution in [0.25, 0.3) is 0 Å². The fraction of sp³-hybridized carbons (Fsp3) is 0.500. The van der Waals surface area contributed by atoms with Crippen molar-refractivity contribution in [2.24, 2.45) is 0 Å². The minimum Gasteiger partial charge on any atom is -0.497 e. The van der Waals surface area contributed by atoms with Gasteiger partial charge in [-0.15, -0.1) is 0 Å². The minimum absolute atomic E-state index is 0.00952. The highest BCUT2D eigenvalue weighted by atomic mass is 16.5. The van der Waals surface area contributed by atoms with Crippen molar-refractivity contribution in [1.82, 2.24) is 15.5 Å². The molecule has 0 unspecified atom stereocenters. The van der Waals surface area contributed by atoms with Crippen LogP contribution < -0.4 is 15.4 Å². The van der Waals surface area contributed by atoms with Gasteiger partial charge in [0.25, 0.3) is 0 Å². The fourth-order valence-electron chi connectivity index (χ4n) is 3.14. The fourth-order valence-corrected chi connectivity index (χ4v) is 3.14. The van der Waals surface area contributed by atoms with Crippen molar-refractivity contribution >= 4 is 11.8 Å². The van der Waals surface area contributed by atoms with Crippen LogP contribution in [0.3, 0.4) is 0 Å². The highest BCUT2D eigenvalue weighted by Gasteiger charge is 2.44. The van der Waals surface area contributed by atoms with Gasteiger partial charge in [0.05, 0.1) is 7.11 Å². The number of fused-ring (bicyclic) bond motifs is 1. The number of methoxy groups -OCH3 is 1. The molecule has 0 saturated carbocycles. The molecular weight excluding hydrogens is 282 g/mol. The predicted molar refractivity (Wildman–Crippen MR) is 81.3 cm³/mol. The summed E-state index contributed by atoms with van der Waals surface area (Å²) in [5.74, 6) is 0.791. The van der Waals surface area contributed by atoms with Gasteiger partial charge in [-0.2, -0.15) is 0 Å². The molecule has 1 aromatic carbocycles.